The molecule has 1 aromatic heterocycles. The van der Waals surface area contributed by atoms with Crippen LogP contribution >= 0.6 is 0 Å². The molecule has 1 atom stereocenters. The van der Waals surface area contributed by atoms with E-state index in [0.717, 1.165) is 35.3 Å². The molecule has 0 bridgehead atoms. The Morgan fingerprint density at radius 2 is 1.81 bits per heavy atom. The maximum Gasteiger partial charge on any atom is 0.416 e. The van der Waals surface area contributed by atoms with E-state index < -0.39 is 23.8 Å². The van der Waals surface area contributed by atoms with Crippen LogP contribution in [0.1, 0.15) is 55.2 Å². The van der Waals surface area contributed by atoms with Gasteiger partial charge >= 0.3 is 12.1 Å². The summed E-state index contributed by atoms with van der Waals surface area (Å²) in [4.78, 5) is 10.8. The minimum absolute atomic E-state index is 0.00527. The Kier molecular flexibility index (Phi) is 7.29. The molecule has 1 unspecified atom stereocenters. The molecule has 2 aromatic carbocycles. The van der Waals surface area contributed by atoms with Crippen LogP contribution in [0.2, 0.25) is 0 Å². The summed E-state index contributed by atoms with van der Waals surface area (Å²) >= 11 is 0. The molecule has 4 rings (SSSR count). The van der Waals surface area contributed by atoms with Crippen molar-refractivity contribution in [2.45, 2.75) is 64.6 Å². The molecule has 196 valence electrons. The highest BCUT2D eigenvalue weighted by molar-refractivity contribution is 5.97. The van der Waals surface area contributed by atoms with Gasteiger partial charge in [0.2, 0.25) is 5.88 Å². The van der Waals surface area contributed by atoms with Crippen LogP contribution in [-0.4, -0.2) is 31.9 Å². The lowest BCUT2D eigenvalue weighted by Crippen LogP contribution is -2.15. The lowest BCUT2D eigenvalue weighted by molar-refractivity contribution is -0.138. The molecule has 0 spiro atoms. The van der Waals surface area contributed by atoms with Crippen LogP contribution in [0.25, 0.3) is 16.6 Å². The van der Waals surface area contributed by atoms with Crippen LogP contribution in [0.3, 0.4) is 0 Å². The number of fused-ring (bicyclic) bond motifs is 1. The molecule has 1 aliphatic rings. The minimum atomic E-state index is -4.57. The molecule has 10 heteroatoms. The molecule has 37 heavy (non-hydrogen) atoms. The standard InChI is InChI=1S/C27H28F3N3O4/c1-15-11-16(2)13-19(12-15)33-22-14-18(27(28,29)30)9-10-20(22)24(26(33)37)32-31-21-7-3-5-17(25(21)36)6-4-8-23(34)35/h9-14,21,36-37H,3-8H2,1-2H3,(H,34,35). The summed E-state index contributed by atoms with van der Waals surface area (Å²) in [6.45, 7) is 3.71. The molecule has 0 saturated heterocycles. The number of hydrogen-bond acceptors (Lipinski definition) is 5. The Balaban J connectivity index is 1.78. The van der Waals surface area contributed by atoms with Crippen LogP contribution in [-0.2, 0) is 11.0 Å². The van der Waals surface area contributed by atoms with E-state index in [1.807, 2.05) is 19.9 Å². The van der Waals surface area contributed by atoms with Crippen molar-refractivity contribution < 1.29 is 33.3 Å². The quantitative estimate of drug-likeness (QED) is 0.281. The zero-order valence-corrected chi connectivity index (χ0v) is 20.5. The molecule has 0 fully saturated rings. The van der Waals surface area contributed by atoms with Crippen molar-refractivity contribution in [2.24, 2.45) is 10.2 Å². The maximum absolute atomic E-state index is 13.5. The first-order valence-corrected chi connectivity index (χ1v) is 12.0. The van der Waals surface area contributed by atoms with E-state index in [0.29, 0.717) is 31.4 Å². The van der Waals surface area contributed by atoms with Gasteiger partial charge in [-0.05, 0) is 93.0 Å². The average Bonchev–Trinajstić information content (AvgIpc) is 3.08. The Morgan fingerprint density at radius 3 is 2.46 bits per heavy atom. The first kappa shape index (κ1) is 26.2. The lowest BCUT2D eigenvalue weighted by Gasteiger charge is -2.21. The fourth-order valence-corrected chi connectivity index (χ4v) is 4.83. The number of carbonyl (C=O) groups is 1. The minimum Gasteiger partial charge on any atom is -0.510 e. The Bertz CT molecular complexity index is 1390. The zero-order chi connectivity index (χ0) is 26.9. The number of azo groups is 1. The summed E-state index contributed by atoms with van der Waals surface area (Å²) in [5.41, 5.74) is 2.25. The molecule has 1 heterocycles. The molecule has 0 saturated carbocycles. The summed E-state index contributed by atoms with van der Waals surface area (Å²) in [6.07, 6.45) is -1.89. The third-order valence-corrected chi connectivity index (χ3v) is 6.51. The number of aromatic hydroxyl groups is 1. The van der Waals surface area contributed by atoms with Crippen molar-refractivity contribution in [3.8, 4) is 11.6 Å². The van der Waals surface area contributed by atoms with Gasteiger partial charge in [-0.3, -0.25) is 9.36 Å². The molecule has 3 N–H and O–H groups in total. The van der Waals surface area contributed by atoms with Gasteiger partial charge in [0, 0.05) is 17.5 Å². The summed E-state index contributed by atoms with van der Waals surface area (Å²) in [7, 11) is 0. The predicted molar refractivity (Wildman–Crippen MR) is 133 cm³/mol. The summed E-state index contributed by atoms with van der Waals surface area (Å²) in [5, 5.41) is 39.5. The van der Waals surface area contributed by atoms with Gasteiger partial charge in [0.15, 0.2) is 5.69 Å². The number of nitrogens with zero attached hydrogens (tertiary/aromatic N) is 3. The molecule has 0 radical (unpaired) electrons. The van der Waals surface area contributed by atoms with Gasteiger partial charge in [-0.15, -0.1) is 5.11 Å². The maximum atomic E-state index is 13.5. The van der Waals surface area contributed by atoms with Gasteiger partial charge in [-0.2, -0.15) is 18.3 Å². The fraction of sp³-hybridized carbons (Fsp3) is 0.370. The average molecular weight is 516 g/mol. The zero-order valence-electron chi connectivity index (χ0n) is 20.5. The van der Waals surface area contributed by atoms with E-state index in [9.17, 15) is 28.2 Å². The van der Waals surface area contributed by atoms with Gasteiger partial charge in [-0.1, -0.05) is 6.07 Å². The number of aliphatic hydroxyl groups is 1. The van der Waals surface area contributed by atoms with Crippen LogP contribution in [0.4, 0.5) is 18.9 Å². The van der Waals surface area contributed by atoms with Gasteiger partial charge in [0.25, 0.3) is 0 Å². The van der Waals surface area contributed by atoms with E-state index in [-0.39, 0.29) is 34.7 Å². The van der Waals surface area contributed by atoms with E-state index in [1.165, 1.54) is 10.6 Å². The number of halogens is 3. The first-order valence-electron chi connectivity index (χ1n) is 12.0. The van der Waals surface area contributed by atoms with Gasteiger partial charge in [-0.25, -0.2) is 0 Å². The Morgan fingerprint density at radius 1 is 1.11 bits per heavy atom. The van der Waals surface area contributed by atoms with Crippen molar-refractivity contribution in [1.82, 2.24) is 4.57 Å². The smallest absolute Gasteiger partial charge is 0.416 e. The van der Waals surface area contributed by atoms with Crippen molar-refractivity contribution >= 4 is 22.6 Å². The first-order chi connectivity index (χ1) is 17.5. The van der Waals surface area contributed by atoms with Crippen LogP contribution in [0.15, 0.2) is 58.0 Å². The number of carboxylic acid groups (broad SMARTS) is 1. The topological polar surface area (TPSA) is 107 Å². The SMILES string of the molecule is Cc1cc(C)cc(-n2c(O)c(N=NC3CCCC(CCCC(=O)O)=C3O)c3ccc(C(F)(F)F)cc32)c1. The number of hydrogen-bond donors (Lipinski definition) is 3. The van der Waals surface area contributed by atoms with E-state index >= 15 is 0 Å². The summed E-state index contributed by atoms with van der Waals surface area (Å²) < 4.78 is 41.9. The number of allylic oxidation sites excluding steroid dienone is 1. The predicted octanol–water partition coefficient (Wildman–Crippen LogP) is 7.67. The lowest BCUT2D eigenvalue weighted by atomic mass is 9.91. The number of carboxylic acids is 1. The third kappa shape index (κ3) is 5.63. The highest BCUT2D eigenvalue weighted by Crippen LogP contribution is 2.44. The van der Waals surface area contributed by atoms with E-state index in [4.69, 9.17) is 5.11 Å². The second kappa shape index (κ2) is 10.3. The molecule has 1 aliphatic carbocycles. The van der Waals surface area contributed by atoms with Crippen molar-refractivity contribution in [2.75, 3.05) is 0 Å². The van der Waals surface area contributed by atoms with Crippen LogP contribution in [0, 0.1) is 13.8 Å². The van der Waals surface area contributed by atoms with Crippen LogP contribution in [0.5, 0.6) is 5.88 Å². The highest BCUT2D eigenvalue weighted by atomic mass is 19.4. The van der Waals surface area contributed by atoms with Crippen LogP contribution < -0.4 is 0 Å². The largest absolute Gasteiger partial charge is 0.510 e. The molecule has 3 aromatic rings. The second-order valence-corrected chi connectivity index (χ2v) is 9.44. The van der Waals surface area contributed by atoms with Gasteiger partial charge in [0.1, 0.15) is 11.8 Å². The number of aliphatic hydroxyl groups excluding tert-OH is 1. The van der Waals surface area contributed by atoms with Gasteiger partial charge < -0.3 is 15.3 Å². The van der Waals surface area contributed by atoms with Crippen molar-refractivity contribution in [1.29, 1.82) is 0 Å². The number of alkyl halides is 3. The highest BCUT2D eigenvalue weighted by Gasteiger charge is 2.32. The number of aliphatic carboxylic acids is 1. The van der Waals surface area contributed by atoms with E-state index in [2.05, 4.69) is 10.2 Å². The number of aromatic nitrogens is 1. The molecule has 0 amide bonds. The Labute approximate surface area is 211 Å². The van der Waals surface area contributed by atoms with Gasteiger partial charge in [0.05, 0.1) is 11.1 Å². The van der Waals surface area contributed by atoms with Crippen molar-refractivity contribution in [3.05, 3.63) is 64.4 Å². The monoisotopic (exact) mass is 515 g/mol. The number of aryl methyl sites for hydroxylation is 2. The van der Waals surface area contributed by atoms with Crippen molar-refractivity contribution in [3.63, 3.8) is 0 Å². The summed E-state index contributed by atoms with van der Waals surface area (Å²) in [6, 6.07) is 7.93. The summed E-state index contributed by atoms with van der Waals surface area (Å²) in [5.74, 6) is -1.22. The molecule has 0 aliphatic heterocycles. The second-order valence-electron chi connectivity index (χ2n) is 9.44. The third-order valence-electron chi connectivity index (χ3n) is 6.51. The molecular weight excluding hydrogens is 487 g/mol. The molecule has 7 nitrogen and oxygen atoms in total. The number of benzene rings is 2. The fourth-order valence-electron chi connectivity index (χ4n) is 4.83. The molecular formula is C27H28F3N3O4. The van der Waals surface area contributed by atoms with E-state index in [1.54, 1.807) is 12.1 Å². The number of rotatable bonds is 7. The normalized spacial score (nSPS) is 16.7. The Hall–Kier alpha value is -3.82.